The number of carbonyl (C=O) groups excluding carboxylic acids is 1. The molecular weight excluding hydrogens is 381 g/mol. The van der Waals surface area contributed by atoms with E-state index in [0.717, 1.165) is 11.0 Å². The Morgan fingerprint density at radius 2 is 1.59 bits per heavy atom. The molecule has 0 saturated heterocycles. The summed E-state index contributed by atoms with van der Waals surface area (Å²) >= 11 is 12.5. The zero-order chi connectivity index (χ0) is 18.8. The summed E-state index contributed by atoms with van der Waals surface area (Å²) in [7, 11) is 0. The number of hydrogen-bond acceptors (Lipinski definition) is 3. The Morgan fingerprint density at radius 3 is 2.41 bits per heavy atom. The number of nitrogens with zero attached hydrogens (tertiary/aromatic N) is 2. The van der Waals surface area contributed by atoms with Crippen LogP contribution in [0, 0.1) is 0 Å². The van der Waals surface area contributed by atoms with Gasteiger partial charge in [0.25, 0.3) is 5.91 Å². The molecule has 4 nitrogen and oxygen atoms in total. The first-order valence-corrected chi connectivity index (χ1v) is 8.95. The molecule has 0 aliphatic heterocycles. The van der Waals surface area contributed by atoms with Crippen LogP contribution in [0.5, 0.6) is 0 Å². The van der Waals surface area contributed by atoms with Crippen LogP contribution in [0.4, 0.5) is 5.69 Å². The second-order valence-electron chi connectivity index (χ2n) is 5.87. The van der Waals surface area contributed by atoms with E-state index < -0.39 is 0 Å². The molecule has 0 fully saturated rings. The number of amides is 1. The molecule has 132 valence electrons. The van der Waals surface area contributed by atoms with Gasteiger partial charge >= 0.3 is 0 Å². The summed E-state index contributed by atoms with van der Waals surface area (Å²) in [6.45, 7) is 0. The maximum absolute atomic E-state index is 12.5. The average Bonchev–Trinajstić information content (AvgIpc) is 2.69. The predicted molar refractivity (Wildman–Crippen MR) is 109 cm³/mol. The Balaban J connectivity index is 1.68. The molecule has 0 radical (unpaired) electrons. The molecule has 6 heteroatoms. The summed E-state index contributed by atoms with van der Waals surface area (Å²) in [5.41, 5.74) is 3.90. The van der Waals surface area contributed by atoms with Crippen LogP contribution in [0.2, 0.25) is 10.0 Å². The summed E-state index contributed by atoms with van der Waals surface area (Å²) in [5, 5.41) is 3.76. The number of para-hydroxylation sites is 2. The zero-order valence-electron chi connectivity index (χ0n) is 14.0. The van der Waals surface area contributed by atoms with Crippen LogP contribution in [0.25, 0.3) is 22.3 Å². The molecule has 0 unspecified atom stereocenters. The van der Waals surface area contributed by atoms with Gasteiger partial charge in [0.15, 0.2) is 0 Å². The summed E-state index contributed by atoms with van der Waals surface area (Å²) < 4.78 is 0. The van der Waals surface area contributed by atoms with Gasteiger partial charge in [0, 0.05) is 11.3 Å². The third kappa shape index (κ3) is 3.63. The van der Waals surface area contributed by atoms with E-state index in [1.807, 2.05) is 24.3 Å². The lowest BCUT2D eigenvalue weighted by Gasteiger charge is -2.10. The number of nitrogens with one attached hydrogen (secondary N) is 1. The van der Waals surface area contributed by atoms with Crippen LogP contribution in [-0.2, 0) is 0 Å². The van der Waals surface area contributed by atoms with E-state index in [4.69, 9.17) is 23.2 Å². The number of hydrogen-bond donors (Lipinski definition) is 1. The third-order valence-corrected chi connectivity index (χ3v) is 4.73. The molecule has 3 aromatic carbocycles. The lowest BCUT2D eigenvalue weighted by molar-refractivity contribution is 0.102. The van der Waals surface area contributed by atoms with E-state index in [1.54, 1.807) is 48.7 Å². The van der Waals surface area contributed by atoms with Gasteiger partial charge in [0.05, 0.1) is 38.5 Å². The van der Waals surface area contributed by atoms with Gasteiger partial charge in [-0.05, 0) is 42.5 Å². The molecule has 0 spiro atoms. The van der Waals surface area contributed by atoms with E-state index in [2.05, 4.69) is 15.3 Å². The fraction of sp³-hybridized carbons (Fsp3) is 0. The molecule has 4 aromatic rings. The highest BCUT2D eigenvalue weighted by atomic mass is 35.5. The quantitative estimate of drug-likeness (QED) is 0.474. The first kappa shape index (κ1) is 17.5. The first-order valence-electron chi connectivity index (χ1n) is 8.19. The van der Waals surface area contributed by atoms with Crippen molar-refractivity contribution in [3.8, 4) is 11.3 Å². The number of fused-ring (bicyclic) bond motifs is 1. The topological polar surface area (TPSA) is 54.9 Å². The highest BCUT2D eigenvalue weighted by Gasteiger charge is 2.12. The van der Waals surface area contributed by atoms with Crippen LogP contribution in [-0.4, -0.2) is 15.9 Å². The lowest BCUT2D eigenvalue weighted by Crippen LogP contribution is -2.12. The van der Waals surface area contributed by atoms with E-state index >= 15 is 0 Å². The van der Waals surface area contributed by atoms with Crippen LogP contribution in [0.1, 0.15) is 10.4 Å². The summed E-state index contributed by atoms with van der Waals surface area (Å²) in [6.07, 6.45) is 1.67. The SMILES string of the molecule is O=C(Nc1ccc(Cl)c(-c2cnc3ccccc3n2)c1)c1ccccc1Cl. The van der Waals surface area contributed by atoms with Crippen LogP contribution >= 0.6 is 23.2 Å². The summed E-state index contributed by atoms with van der Waals surface area (Å²) in [6, 6.07) is 19.7. The Morgan fingerprint density at radius 1 is 0.852 bits per heavy atom. The number of benzene rings is 3. The van der Waals surface area contributed by atoms with Gasteiger partial charge < -0.3 is 5.32 Å². The Bertz CT molecular complexity index is 1160. The Kier molecular flexibility index (Phi) is 4.75. The number of carbonyl (C=O) groups is 1. The zero-order valence-corrected chi connectivity index (χ0v) is 15.5. The molecule has 1 aromatic heterocycles. The molecule has 0 saturated carbocycles. The standard InChI is InChI=1S/C21H13Cl2N3O/c22-16-6-2-1-5-14(16)21(27)25-13-9-10-17(23)15(11-13)20-12-24-18-7-3-4-8-19(18)26-20/h1-12H,(H,25,27). The number of rotatable bonds is 3. The van der Waals surface area contributed by atoms with Crippen molar-refractivity contribution in [3.05, 3.63) is 88.5 Å². The maximum Gasteiger partial charge on any atom is 0.257 e. The second kappa shape index (κ2) is 7.35. The summed E-state index contributed by atoms with van der Waals surface area (Å²) in [5.74, 6) is -0.293. The fourth-order valence-corrected chi connectivity index (χ4v) is 3.17. The van der Waals surface area contributed by atoms with Crippen LogP contribution in [0.15, 0.2) is 72.9 Å². The van der Waals surface area contributed by atoms with Gasteiger partial charge in [-0.15, -0.1) is 0 Å². The van der Waals surface area contributed by atoms with Crippen molar-refractivity contribution in [2.75, 3.05) is 5.32 Å². The van der Waals surface area contributed by atoms with Crippen molar-refractivity contribution in [1.82, 2.24) is 9.97 Å². The average molecular weight is 394 g/mol. The normalized spacial score (nSPS) is 10.7. The van der Waals surface area contributed by atoms with E-state index in [1.165, 1.54) is 0 Å². The molecule has 1 amide bonds. The van der Waals surface area contributed by atoms with Crippen molar-refractivity contribution in [1.29, 1.82) is 0 Å². The van der Waals surface area contributed by atoms with Gasteiger partial charge in [-0.3, -0.25) is 9.78 Å². The van der Waals surface area contributed by atoms with E-state index in [-0.39, 0.29) is 5.91 Å². The van der Waals surface area contributed by atoms with Crippen LogP contribution in [0.3, 0.4) is 0 Å². The predicted octanol–water partition coefficient (Wildman–Crippen LogP) is 5.86. The summed E-state index contributed by atoms with van der Waals surface area (Å²) in [4.78, 5) is 21.5. The highest BCUT2D eigenvalue weighted by Crippen LogP contribution is 2.30. The number of aromatic nitrogens is 2. The molecule has 4 rings (SSSR count). The van der Waals surface area contributed by atoms with Crippen molar-refractivity contribution >= 4 is 45.8 Å². The third-order valence-electron chi connectivity index (χ3n) is 4.07. The largest absolute Gasteiger partial charge is 0.322 e. The van der Waals surface area contributed by atoms with Gasteiger partial charge in [0.2, 0.25) is 0 Å². The molecule has 0 bridgehead atoms. The minimum atomic E-state index is -0.293. The van der Waals surface area contributed by atoms with Crippen molar-refractivity contribution < 1.29 is 4.79 Å². The number of halogens is 2. The van der Waals surface area contributed by atoms with E-state index in [9.17, 15) is 4.79 Å². The molecule has 1 heterocycles. The Hall–Kier alpha value is -2.95. The number of anilines is 1. The lowest BCUT2D eigenvalue weighted by atomic mass is 10.1. The minimum absolute atomic E-state index is 0.293. The van der Waals surface area contributed by atoms with Crippen molar-refractivity contribution in [2.24, 2.45) is 0 Å². The molecule has 1 N–H and O–H groups in total. The Labute approximate surface area is 165 Å². The molecular formula is C21H13Cl2N3O. The molecule has 27 heavy (non-hydrogen) atoms. The molecule has 0 aliphatic carbocycles. The first-order chi connectivity index (χ1) is 13.1. The van der Waals surface area contributed by atoms with Gasteiger partial charge in [-0.2, -0.15) is 0 Å². The van der Waals surface area contributed by atoms with Gasteiger partial charge in [-0.25, -0.2) is 4.98 Å². The monoisotopic (exact) mass is 393 g/mol. The maximum atomic E-state index is 12.5. The van der Waals surface area contributed by atoms with Gasteiger partial charge in [-0.1, -0.05) is 47.5 Å². The van der Waals surface area contributed by atoms with Crippen molar-refractivity contribution in [3.63, 3.8) is 0 Å². The smallest absolute Gasteiger partial charge is 0.257 e. The minimum Gasteiger partial charge on any atom is -0.322 e. The fourth-order valence-electron chi connectivity index (χ4n) is 2.73. The van der Waals surface area contributed by atoms with Crippen molar-refractivity contribution in [2.45, 2.75) is 0 Å². The second-order valence-corrected chi connectivity index (χ2v) is 6.69. The molecule has 0 aliphatic rings. The highest BCUT2D eigenvalue weighted by molar-refractivity contribution is 6.34. The van der Waals surface area contributed by atoms with Gasteiger partial charge in [0.1, 0.15) is 0 Å². The van der Waals surface area contributed by atoms with E-state index in [0.29, 0.717) is 32.6 Å². The molecule has 0 atom stereocenters. The van der Waals surface area contributed by atoms with Crippen LogP contribution < -0.4 is 5.32 Å².